The van der Waals surface area contributed by atoms with Crippen LogP contribution in [0, 0.1) is 12.8 Å². The highest BCUT2D eigenvalue weighted by atomic mass is 16.5. The Bertz CT molecular complexity index is 332. The summed E-state index contributed by atoms with van der Waals surface area (Å²) in [5.41, 5.74) is 2.72. The maximum absolute atomic E-state index is 5.35. The van der Waals surface area contributed by atoms with E-state index in [0.717, 1.165) is 32.2 Å². The van der Waals surface area contributed by atoms with Crippen molar-refractivity contribution in [2.45, 2.75) is 46.6 Å². The van der Waals surface area contributed by atoms with Crippen molar-refractivity contribution in [3.8, 4) is 0 Å². The first-order chi connectivity index (χ1) is 9.26. The van der Waals surface area contributed by atoms with Crippen molar-refractivity contribution in [2.75, 3.05) is 19.8 Å². The largest absolute Gasteiger partial charge is 0.381 e. The van der Waals surface area contributed by atoms with E-state index in [9.17, 15) is 0 Å². The van der Waals surface area contributed by atoms with Gasteiger partial charge in [0.25, 0.3) is 0 Å². The molecular weight excluding hydrogens is 234 g/mol. The van der Waals surface area contributed by atoms with Gasteiger partial charge < -0.3 is 10.1 Å². The number of ether oxygens (including phenoxy) is 1. The molecule has 2 heteroatoms. The Kier molecular flexibility index (Phi) is 8.52. The smallest absolute Gasteiger partial charge is 0.0469 e. The third-order valence-corrected chi connectivity index (χ3v) is 3.19. The van der Waals surface area contributed by atoms with E-state index in [4.69, 9.17) is 4.74 Å². The van der Waals surface area contributed by atoms with Gasteiger partial charge in [-0.15, -0.1) is 0 Å². The summed E-state index contributed by atoms with van der Waals surface area (Å²) in [6.45, 7) is 10.4. The second-order valence-corrected chi connectivity index (χ2v) is 5.38. The molecule has 2 nitrogen and oxygen atoms in total. The molecule has 1 N–H and O–H groups in total. The Hall–Kier alpha value is -0.860. The molecular formula is C17H29NO. The number of aryl methyl sites for hydroxylation is 1. The molecule has 0 bridgehead atoms. The fourth-order valence-electron chi connectivity index (χ4n) is 2.19. The number of hydrogen-bond acceptors (Lipinski definition) is 2. The Balaban J connectivity index is 0.000000550. The number of rotatable bonds is 4. The van der Waals surface area contributed by atoms with E-state index >= 15 is 0 Å². The van der Waals surface area contributed by atoms with E-state index in [1.165, 1.54) is 30.4 Å². The minimum Gasteiger partial charge on any atom is -0.381 e. The van der Waals surface area contributed by atoms with Crippen molar-refractivity contribution in [1.82, 2.24) is 5.32 Å². The third kappa shape index (κ3) is 7.34. The molecule has 19 heavy (non-hydrogen) atoms. The quantitative estimate of drug-likeness (QED) is 0.888. The highest BCUT2D eigenvalue weighted by molar-refractivity contribution is 5.21. The second kappa shape index (κ2) is 9.99. The van der Waals surface area contributed by atoms with E-state index in [0.29, 0.717) is 0 Å². The van der Waals surface area contributed by atoms with Crippen molar-refractivity contribution in [3.05, 3.63) is 35.4 Å². The van der Waals surface area contributed by atoms with Crippen LogP contribution in [0.1, 0.15) is 44.2 Å². The van der Waals surface area contributed by atoms with Gasteiger partial charge in [-0.05, 0) is 37.8 Å². The summed E-state index contributed by atoms with van der Waals surface area (Å²) < 4.78 is 5.35. The number of hydrogen-bond donors (Lipinski definition) is 1. The molecule has 108 valence electrons. The van der Waals surface area contributed by atoms with Gasteiger partial charge in [-0.25, -0.2) is 0 Å². The lowest BCUT2D eigenvalue weighted by molar-refractivity contribution is 0.0662. The third-order valence-electron chi connectivity index (χ3n) is 3.19. The van der Waals surface area contributed by atoms with Gasteiger partial charge in [0.1, 0.15) is 0 Å². The Morgan fingerprint density at radius 1 is 1.21 bits per heavy atom. The SMILES string of the molecule is CCC.Cc1cccc(CNCC2CCOCC2)c1. The molecule has 1 fully saturated rings. The van der Waals surface area contributed by atoms with Crippen molar-refractivity contribution >= 4 is 0 Å². The van der Waals surface area contributed by atoms with Crippen molar-refractivity contribution in [1.29, 1.82) is 0 Å². The molecule has 0 amide bonds. The second-order valence-electron chi connectivity index (χ2n) is 5.38. The summed E-state index contributed by atoms with van der Waals surface area (Å²) in [5.74, 6) is 0.804. The fraction of sp³-hybridized carbons (Fsp3) is 0.647. The van der Waals surface area contributed by atoms with Gasteiger partial charge in [-0.1, -0.05) is 50.1 Å². The summed E-state index contributed by atoms with van der Waals surface area (Å²) in [5, 5.41) is 3.54. The summed E-state index contributed by atoms with van der Waals surface area (Å²) >= 11 is 0. The average Bonchev–Trinajstić information content (AvgIpc) is 2.41. The van der Waals surface area contributed by atoms with Gasteiger partial charge >= 0.3 is 0 Å². The topological polar surface area (TPSA) is 21.3 Å². The van der Waals surface area contributed by atoms with Crippen LogP contribution < -0.4 is 5.32 Å². The maximum atomic E-state index is 5.35. The first-order valence-electron chi connectivity index (χ1n) is 7.60. The molecule has 0 saturated carbocycles. The van der Waals surface area contributed by atoms with E-state index in [1.807, 2.05) is 0 Å². The molecule has 1 saturated heterocycles. The fourth-order valence-corrected chi connectivity index (χ4v) is 2.19. The zero-order chi connectivity index (χ0) is 13.9. The lowest BCUT2D eigenvalue weighted by Crippen LogP contribution is -2.27. The van der Waals surface area contributed by atoms with Crippen LogP contribution in [-0.4, -0.2) is 19.8 Å². The lowest BCUT2D eigenvalue weighted by Gasteiger charge is -2.22. The molecule has 0 aromatic heterocycles. The average molecular weight is 263 g/mol. The number of nitrogens with one attached hydrogen (secondary N) is 1. The van der Waals surface area contributed by atoms with Gasteiger partial charge in [0.2, 0.25) is 0 Å². The highest BCUT2D eigenvalue weighted by Gasteiger charge is 2.12. The standard InChI is InChI=1S/C14H21NO.C3H8/c1-12-3-2-4-14(9-12)11-15-10-13-5-7-16-8-6-13;1-3-2/h2-4,9,13,15H,5-8,10-11H2,1H3;3H2,1-2H3. The van der Waals surface area contributed by atoms with Crippen molar-refractivity contribution < 1.29 is 4.74 Å². The van der Waals surface area contributed by atoms with Crippen LogP contribution in [-0.2, 0) is 11.3 Å². The van der Waals surface area contributed by atoms with E-state index in [-0.39, 0.29) is 0 Å². The highest BCUT2D eigenvalue weighted by Crippen LogP contribution is 2.13. The molecule has 2 rings (SSSR count). The van der Waals surface area contributed by atoms with E-state index in [2.05, 4.69) is 50.4 Å². The molecule has 0 radical (unpaired) electrons. The maximum Gasteiger partial charge on any atom is 0.0469 e. The van der Waals surface area contributed by atoms with Crippen LogP contribution in [0.4, 0.5) is 0 Å². The molecule has 1 aromatic rings. The molecule has 0 atom stereocenters. The first-order valence-corrected chi connectivity index (χ1v) is 7.60. The van der Waals surface area contributed by atoms with E-state index in [1.54, 1.807) is 0 Å². The predicted octanol–water partition coefficient (Wildman–Crippen LogP) is 3.93. The van der Waals surface area contributed by atoms with Gasteiger partial charge in [0.15, 0.2) is 0 Å². The van der Waals surface area contributed by atoms with Gasteiger partial charge in [-0.2, -0.15) is 0 Å². The first kappa shape index (κ1) is 16.2. The van der Waals surface area contributed by atoms with Gasteiger partial charge in [0.05, 0.1) is 0 Å². The lowest BCUT2D eigenvalue weighted by atomic mass is 10.0. The summed E-state index contributed by atoms with van der Waals surface area (Å²) in [7, 11) is 0. The van der Waals surface area contributed by atoms with Crippen LogP contribution >= 0.6 is 0 Å². The zero-order valence-electron chi connectivity index (χ0n) is 12.7. The molecule has 1 aliphatic heterocycles. The van der Waals surface area contributed by atoms with E-state index < -0.39 is 0 Å². The molecule has 1 aromatic carbocycles. The minimum absolute atomic E-state index is 0.804. The van der Waals surface area contributed by atoms with Gasteiger partial charge in [-0.3, -0.25) is 0 Å². The van der Waals surface area contributed by atoms with Crippen LogP contribution in [0.25, 0.3) is 0 Å². The molecule has 0 spiro atoms. The van der Waals surface area contributed by atoms with Crippen LogP contribution in [0.5, 0.6) is 0 Å². The normalized spacial score (nSPS) is 15.7. The predicted molar refractivity (Wildman–Crippen MR) is 82.4 cm³/mol. The molecule has 1 heterocycles. The number of benzene rings is 1. The summed E-state index contributed by atoms with van der Waals surface area (Å²) in [4.78, 5) is 0. The van der Waals surface area contributed by atoms with Crippen LogP contribution in [0.2, 0.25) is 0 Å². The molecule has 0 unspecified atom stereocenters. The van der Waals surface area contributed by atoms with Crippen LogP contribution in [0.15, 0.2) is 24.3 Å². The Labute approximate surface area is 118 Å². The minimum atomic E-state index is 0.804. The zero-order valence-corrected chi connectivity index (χ0v) is 12.7. The van der Waals surface area contributed by atoms with Crippen LogP contribution in [0.3, 0.4) is 0 Å². The summed E-state index contributed by atoms with van der Waals surface area (Å²) in [6.07, 6.45) is 3.67. The molecule has 0 aliphatic carbocycles. The van der Waals surface area contributed by atoms with Crippen molar-refractivity contribution in [3.63, 3.8) is 0 Å². The Morgan fingerprint density at radius 3 is 2.53 bits per heavy atom. The summed E-state index contributed by atoms with van der Waals surface area (Å²) in [6, 6.07) is 8.70. The Morgan fingerprint density at radius 2 is 1.89 bits per heavy atom. The molecule has 1 aliphatic rings. The monoisotopic (exact) mass is 263 g/mol. The van der Waals surface area contributed by atoms with Gasteiger partial charge in [0, 0.05) is 19.8 Å². The van der Waals surface area contributed by atoms with Crippen molar-refractivity contribution in [2.24, 2.45) is 5.92 Å².